The first kappa shape index (κ1) is 53.4. The Morgan fingerprint density at radius 1 is 0.579 bits per heavy atom. The number of rotatable bonds is 39. The molecule has 0 aliphatic carbocycles. The molecular formula is C48H89NO8. The number of allylic oxidation sites excluding steroid dienone is 5. The first-order valence-corrected chi connectivity index (χ1v) is 23.7. The Morgan fingerprint density at radius 2 is 1.00 bits per heavy atom. The predicted octanol–water partition coefficient (Wildman–Crippen LogP) is 10.1. The summed E-state index contributed by atoms with van der Waals surface area (Å²) in [4.78, 5) is 13.0. The van der Waals surface area contributed by atoms with E-state index in [-0.39, 0.29) is 12.5 Å². The predicted molar refractivity (Wildman–Crippen MR) is 235 cm³/mol. The molecule has 9 heteroatoms. The number of hydrogen-bond acceptors (Lipinski definition) is 8. The summed E-state index contributed by atoms with van der Waals surface area (Å²) in [5.41, 5.74) is 0. The van der Waals surface area contributed by atoms with E-state index < -0.39 is 49.5 Å². The van der Waals surface area contributed by atoms with E-state index in [1.807, 2.05) is 6.08 Å². The second kappa shape index (κ2) is 38.6. The molecular weight excluding hydrogens is 719 g/mol. The van der Waals surface area contributed by atoms with Crippen LogP contribution in [0.5, 0.6) is 0 Å². The summed E-state index contributed by atoms with van der Waals surface area (Å²) in [5.74, 6) is -0.190. The fourth-order valence-electron chi connectivity index (χ4n) is 7.34. The number of unbranched alkanes of at least 4 members (excludes halogenated alkanes) is 25. The van der Waals surface area contributed by atoms with Gasteiger partial charge in [-0.15, -0.1) is 0 Å². The fraction of sp³-hybridized carbons (Fsp3) is 0.854. The van der Waals surface area contributed by atoms with Gasteiger partial charge in [0, 0.05) is 6.42 Å². The van der Waals surface area contributed by atoms with Gasteiger partial charge in [0.1, 0.15) is 24.4 Å². The van der Waals surface area contributed by atoms with Crippen LogP contribution in [0.25, 0.3) is 0 Å². The zero-order chi connectivity index (χ0) is 41.6. The zero-order valence-corrected chi connectivity index (χ0v) is 36.6. The second-order valence-electron chi connectivity index (χ2n) is 16.5. The Hall–Kier alpha value is -1.59. The van der Waals surface area contributed by atoms with Crippen molar-refractivity contribution in [2.45, 2.75) is 249 Å². The Labute approximate surface area is 349 Å². The minimum atomic E-state index is -1.57. The van der Waals surface area contributed by atoms with Gasteiger partial charge in [0.25, 0.3) is 0 Å². The van der Waals surface area contributed by atoms with Gasteiger partial charge in [-0.1, -0.05) is 179 Å². The van der Waals surface area contributed by atoms with Crippen LogP contribution in [0.2, 0.25) is 0 Å². The average Bonchev–Trinajstić information content (AvgIpc) is 3.21. The lowest BCUT2D eigenvalue weighted by Gasteiger charge is -2.40. The SMILES string of the molecule is CCCCCCCC/C=C/CCCCCCCCCCCC(=O)N[C@@H](CO[C@H]1O[C@@H](CO)[C@H](O)C(O)C1O)[C@H](O)/C=C/CC/C=C/CCCCCCCCCCC. The van der Waals surface area contributed by atoms with Crippen LogP contribution in [0, 0.1) is 0 Å². The maximum Gasteiger partial charge on any atom is 0.220 e. The lowest BCUT2D eigenvalue weighted by molar-refractivity contribution is -0.302. The number of nitrogens with one attached hydrogen (secondary N) is 1. The number of hydrogen-bond donors (Lipinski definition) is 6. The molecule has 1 fully saturated rings. The average molecular weight is 808 g/mol. The molecule has 1 aliphatic rings. The van der Waals surface area contributed by atoms with Crippen molar-refractivity contribution in [1.82, 2.24) is 5.32 Å². The van der Waals surface area contributed by atoms with Gasteiger partial charge in [-0.2, -0.15) is 0 Å². The van der Waals surface area contributed by atoms with Gasteiger partial charge in [-0.05, 0) is 57.8 Å². The fourth-order valence-corrected chi connectivity index (χ4v) is 7.34. The lowest BCUT2D eigenvalue weighted by Crippen LogP contribution is -2.60. The normalized spacial score (nSPS) is 21.3. The second-order valence-corrected chi connectivity index (χ2v) is 16.5. The van der Waals surface area contributed by atoms with Gasteiger partial charge < -0.3 is 40.3 Å². The zero-order valence-electron chi connectivity index (χ0n) is 36.6. The van der Waals surface area contributed by atoms with E-state index in [4.69, 9.17) is 9.47 Å². The minimum Gasteiger partial charge on any atom is -0.394 e. The van der Waals surface area contributed by atoms with Crippen molar-refractivity contribution in [2.75, 3.05) is 13.2 Å². The molecule has 57 heavy (non-hydrogen) atoms. The molecule has 0 aromatic carbocycles. The number of carbonyl (C=O) groups excluding carboxylic acids is 1. The van der Waals surface area contributed by atoms with Crippen molar-refractivity contribution in [1.29, 1.82) is 0 Å². The Kier molecular flexibility index (Phi) is 36.2. The summed E-state index contributed by atoms with van der Waals surface area (Å²) < 4.78 is 11.2. The van der Waals surface area contributed by atoms with E-state index in [1.165, 1.54) is 148 Å². The van der Waals surface area contributed by atoms with Crippen molar-refractivity contribution in [3.63, 3.8) is 0 Å². The molecule has 0 spiro atoms. The monoisotopic (exact) mass is 808 g/mol. The molecule has 1 aliphatic heterocycles. The van der Waals surface area contributed by atoms with Crippen LogP contribution in [0.4, 0.5) is 0 Å². The third-order valence-corrected chi connectivity index (χ3v) is 11.2. The largest absolute Gasteiger partial charge is 0.394 e. The van der Waals surface area contributed by atoms with Crippen molar-refractivity contribution >= 4 is 5.91 Å². The summed E-state index contributed by atoms with van der Waals surface area (Å²) in [7, 11) is 0. The van der Waals surface area contributed by atoms with Crippen LogP contribution >= 0.6 is 0 Å². The van der Waals surface area contributed by atoms with Crippen molar-refractivity contribution in [2.24, 2.45) is 0 Å². The number of amides is 1. The molecule has 0 aromatic rings. The van der Waals surface area contributed by atoms with Gasteiger partial charge in [0.2, 0.25) is 5.91 Å². The first-order chi connectivity index (χ1) is 27.8. The smallest absolute Gasteiger partial charge is 0.220 e. The van der Waals surface area contributed by atoms with E-state index in [1.54, 1.807) is 6.08 Å². The summed E-state index contributed by atoms with van der Waals surface area (Å²) >= 11 is 0. The van der Waals surface area contributed by atoms with Gasteiger partial charge in [0.15, 0.2) is 6.29 Å². The van der Waals surface area contributed by atoms with Crippen molar-refractivity contribution in [3.8, 4) is 0 Å². The quantitative estimate of drug-likeness (QED) is 0.0266. The molecule has 1 heterocycles. The Balaban J connectivity index is 2.35. The summed E-state index contributed by atoms with van der Waals surface area (Å²) in [6.07, 6.45) is 40.4. The third-order valence-electron chi connectivity index (χ3n) is 11.2. The van der Waals surface area contributed by atoms with Crippen molar-refractivity contribution in [3.05, 3.63) is 36.5 Å². The maximum absolute atomic E-state index is 13.0. The lowest BCUT2D eigenvalue weighted by atomic mass is 9.99. The molecule has 1 amide bonds. The molecule has 2 unspecified atom stereocenters. The minimum absolute atomic E-state index is 0.190. The summed E-state index contributed by atoms with van der Waals surface area (Å²) in [6, 6.07) is -0.820. The number of aliphatic hydroxyl groups excluding tert-OH is 5. The standard InChI is InChI=1S/C48H89NO8/c1-3-5-7-9-11-13-15-17-19-20-21-22-24-26-28-30-32-34-36-38-44(52)49-41(40-56-48-47(55)46(54)45(53)43(39-50)57-48)42(51)37-35-33-31-29-27-25-23-18-16-14-12-10-8-6-4-2/h17,19,27,29,35,37,41-43,45-48,50-51,53-55H,3-16,18,20-26,28,30-34,36,38-40H2,1-2H3,(H,49,52)/b19-17+,29-27+,37-35+/t41-,42+,43-,45-,46?,47?,48-/m0/s1. The first-order valence-electron chi connectivity index (χ1n) is 23.7. The molecule has 6 N–H and O–H groups in total. The highest BCUT2D eigenvalue weighted by molar-refractivity contribution is 5.76. The maximum atomic E-state index is 13.0. The molecule has 0 radical (unpaired) electrons. The van der Waals surface area contributed by atoms with Crippen LogP contribution in [-0.4, -0.2) is 87.5 Å². The highest BCUT2D eigenvalue weighted by atomic mass is 16.7. The van der Waals surface area contributed by atoms with E-state index in [0.29, 0.717) is 6.42 Å². The van der Waals surface area contributed by atoms with Crippen molar-refractivity contribution < 1.29 is 39.8 Å². The summed E-state index contributed by atoms with van der Waals surface area (Å²) in [5, 5.41) is 54.2. The van der Waals surface area contributed by atoms with Gasteiger partial charge in [0.05, 0.1) is 25.4 Å². The Morgan fingerprint density at radius 3 is 1.47 bits per heavy atom. The number of ether oxygens (including phenoxy) is 2. The van der Waals surface area contributed by atoms with Gasteiger partial charge in [-0.3, -0.25) is 4.79 Å². The molecule has 7 atom stereocenters. The van der Waals surface area contributed by atoms with E-state index in [9.17, 15) is 30.3 Å². The molecule has 1 saturated heterocycles. The van der Waals surface area contributed by atoms with E-state index >= 15 is 0 Å². The summed E-state index contributed by atoms with van der Waals surface area (Å²) in [6.45, 7) is 3.75. The molecule has 9 nitrogen and oxygen atoms in total. The molecule has 0 bridgehead atoms. The van der Waals surface area contributed by atoms with E-state index in [0.717, 1.165) is 38.5 Å². The van der Waals surface area contributed by atoms with Crippen LogP contribution in [-0.2, 0) is 14.3 Å². The van der Waals surface area contributed by atoms with E-state index in [2.05, 4.69) is 43.5 Å². The Bertz CT molecular complexity index is 987. The topological polar surface area (TPSA) is 149 Å². The highest BCUT2D eigenvalue weighted by Crippen LogP contribution is 2.22. The van der Waals surface area contributed by atoms with Gasteiger partial charge >= 0.3 is 0 Å². The van der Waals surface area contributed by atoms with Crippen LogP contribution in [0.3, 0.4) is 0 Å². The van der Waals surface area contributed by atoms with Crippen LogP contribution in [0.1, 0.15) is 206 Å². The molecule has 0 saturated carbocycles. The van der Waals surface area contributed by atoms with Crippen LogP contribution < -0.4 is 5.32 Å². The van der Waals surface area contributed by atoms with Gasteiger partial charge in [-0.25, -0.2) is 0 Å². The third kappa shape index (κ3) is 29.3. The number of aliphatic hydroxyl groups is 5. The molecule has 1 rings (SSSR count). The number of carbonyl (C=O) groups is 1. The molecule has 334 valence electrons. The highest BCUT2D eigenvalue weighted by Gasteiger charge is 2.44. The van der Waals surface area contributed by atoms with Crippen LogP contribution in [0.15, 0.2) is 36.5 Å². The molecule has 0 aromatic heterocycles.